The average Bonchev–Trinajstić information content (AvgIpc) is 2.96. The molecule has 2 heterocycles. The Hall–Kier alpha value is -1.17. The van der Waals surface area contributed by atoms with Gasteiger partial charge in [-0.3, -0.25) is 0 Å². The van der Waals surface area contributed by atoms with Gasteiger partial charge in [-0.05, 0) is 13.0 Å². The van der Waals surface area contributed by atoms with Crippen LogP contribution in [0.25, 0.3) is 11.0 Å². The molecule has 104 valence electrons. The van der Waals surface area contributed by atoms with Crippen LogP contribution in [0.4, 0.5) is 4.39 Å². The molecule has 0 unspecified atom stereocenters. The summed E-state index contributed by atoms with van der Waals surface area (Å²) < 4.78 is 15.6. The minimum Gasteiger partial charge on any atom is -0.322 e. The first-order valence-corrected chi connectivity index (χ1v) is 7.63. The highest BCUT2D eigenvalue weighted by atomic mass is 35.5. The molecule has 0 radical (unpaired) electrons. The van der Waals surface area contributed by atoms with Gasteiger partial charge in [0.15, 0.2) is 0 Å². The van der Waals surface area contributed by atoms with Crippen molar-refractivity contribution in [3.63, 3.8) is 0 Å². The molecule has 0 saturated carbocycles. The molecule has 0 atom stereocenters. The third-order valence-electron chi connectivity index (χ3n) is 2.97. The highest BCUT2D eigenvalue weighted by Crippen LogP contribution is 2.26. The molecule has 0 spiro atoms. The number of aromatic nitrogens is 3. The zero-order chi connectivity index (χ0) is 14.3. The molecule has 0 fully saturated rings. The van der Waals surface area contributed by atoms with Gasteiger partial charge in [-0.15, -0.1) is 22.9 Å². The molecule has 0 aliphatic carbocycles. The second-order valence-corrected chi connectivity index (χ2v) is 6.34. The number of rotatable bonds is 3. The first kappa shape index (κ1) is 13.8. The minimum absolute atomic E-state index is 0.0666. The van der Waals surface area contributed by atoms with Crippen molar-refractivity contribution in [2.75, 3.05) is 0 Å². The van der Waals surface area contributed by atoms with Crippen LogP contribution in [0.5, 0.6) is 0 Å². The van der Waals surface area contributed by atoms with Gasteiger partial charge in [0.2, 0.25) is 0 Å². The van der Waals surface area contributed by atoms with Crippen molar-refractivity contribution in [1.82, 2.24) is 14.5 Å². The van der Waals surface area contributed by atoms with Crippen LogP contribution >= 0.6 is 34.5 Å². The number of imidazole rings is 1. The van der Waals surface area contributed by atoms with Crippen LogP contribution in [-0.4, -0.2) is 14.5 Å². The summed E-state index contributed by atoms with van der Waals surface area (Å²) in [4.78, 5) is 9.69. The van der Waals surface area contributed by atoms with Crippen molar-refractivity contribution in [3.05, 3.63) is 44.9 Å². The van der Waals surface area contributed by atoms with E-state index in [1.807, 2.05) is 17.7 Å². The smallest absolute Gasteiger partial charge is 0.144 e. The summed E-state index contributed by atoms with van der Waals surface area (Å²) in [6.45, 7) is 2.52. The molecule has 7 heteroatoms. The third kappa shape index (κ3) is 2.41. The first-order valence-electron chi connectivity index (χ1n) is 5.90. The van der Waals surface area contributed by atoms with Crippen LogP contribution in [0, 0.1) is 12.7 Å². The number of benzene rings is 1. The largest absolute Gasteiger partial charge is 0.322 e. The van der Waals surface area contributed by atoms with Crippen LogP contribution in [0.3, 0.4) is 0 Å². The molecule has 20 heavy (non-hydrogen) atoms. The van der Waals surface area contributed by atoms with Gasteiger partial charge >= 0.3 is 0 Å². The summed E-state index contributed by atoms with van der Waals surface area (Å²) in [7, 11) is 0. The molecule has 2 aromatic heterocycles. The predicted octanol–water partition coefficient (Wildman–Crippen LogP) is 4.38. The van der Waals surface area contributed by atoms with Crippen LogP contribution in [0.1, 0.15) is 15.7 Å². The SMILES string of the molecule is Cc1ncc(Cn2c(CCl)nc3cc(Cl)c(F)cc32)s1. The number of alkyl halides is 1. The van der Waals surface area contributed by atoms with Gasteiger partial charge in [-0.25, -0.2) is 14.4 Å². The Morgan fingerprint density at radius 1 is 1.40 bits per heavy atom. The maximum atomic E-state index is 13.7. The molecule has 3 aromatic rings. The van der Waals surface area contributed by atoms with E-state index in [0.717, 1.165) is 9.88 Å². The summed E-state index contributed by atoms with van der Waals surface area (Å²) in [6.07, 6.45) is 1.82. The molecule has 1 aromatic carbocycles. The monoisotopic (exact) mass is 329 g/mol. The van der Waals surface area contributed by atoms with Crippen LogP contribution in [0.2, 0.25) is 5.02 Å². The Bertz CT molecular complexity index is 781. The lowest BCUT2D eigenvalue weighted by atomic mass is 10.3. The lowest BCUT2D eigenvalue weighted by molar-refractivity contribution is 0.628. The summed E-state index contributed by atoms with van der Waals surface area (Å²) in [6, 6.07) is 2.92. The highest BCUT2D eigenvalue weighted by Gasteiger charge is 2.14. The standard InChI is InChI=1S/C13H10Cl2FN3S/c1-7-17-5-8(20-7)6-19-12-3-10(16)9(15)2-11(12)18-13(19)4-14/h2-3,5H,4,6H2,1H3. The zero-order valence-electron chi connectivity index (χ0n) is 10.5. The third-order valence-corrected chi connectivity index (χ3v) is 4.40. The van der Waals surface area contributed by atoms with Gasteiger partial charge in [0.1, 0.15) is 11.6 Å². The number of nitrogens with zero attached hydrogens (tertiary/aromatic N) is 3. The van der Waals surface area contributed by atoms with Gasteiger partial charge in [-0.2, -0.15) is 0 Å². The van der Waals surface area contributed by atoms with Gasteiger partial charge in [0, 0.05) is 17.1 Å². The summed E-state index contributed by atoms with van der Waals surface area (Å²) >= 11 is 13.3. The lowest BCUT2D eigenvalue weighted by Crippen LogP contribution is -2.02. The second kappa shape index (κ2) is 5.31. The topological polar surface area (TPSA) is 30.7 Å². The van der Waals surface area contributed by atoms with Gasteiger partial charge in [0.05, 0.1) is 33.5 Å². The normalized spacial score (nSPS) is 11.4. The maximum absolute atomic E-state index is 13.7. The van der Waals surface area contributed by atoms with Crippen molar-refractivity contribution in [3.8, 4) is 0 Å². The van der Waals surface area contributed by atoms with Crippen LogP contribution in [0.15, 0.2) is 18.3 Å². The molecule has 0 bridgehead atoms. The van der Waals surface area contributed by atoms with Crippen LogP contribution < -0.4 is 0 Å². The lowest BCUT2D eigenvalue weighted by Gasteiger charge is -2.05. The molecule has 0 amide bonds. The Morgan fingerprint density at radius 2 is 2.20 bits per heavy atom. The Balaban J connectivity index is 2.14. The van der Waals surface area contributed by atoms with E-state index < -0.39 is 5.82 Å². The van der Waals surface area contributed by atoms with Crippen molar-refractivity contribution in [1.29, 1.82) is 0 Å². The summed E-state index contributed by atoms with van der Waals surface area (Å²) in [5.74, 6) is 0.488. The van der Waals surface area contributed by atoms with Gasteiger partial charge in [0.25, 0.3) is 0 Å². The number of hydrogen-bond donors (Lipinski definition) is 0. The average molecular weight is 330 g/mol. The van der Waals surface area contributed by atoms with Crippen molar-refractivity contribution in [2.24, 2.45) is 0 Å². The fraction of sp³-hybridized carbons (Fsp3) is 0.231. The molecule has 3 nitrogen and oxygen atoms in total. The van der Waals surface area contributed by atoms with Crippen LogP contribution in [-0.2, 0) is 12.4 Å². The van der Waals surface area contributed by atoms with Gasteiger partial charge < -0.3 is 4.57 Å². The first-order chi connectivity index (χ1) is 9.58. The number of hydrogen-bond acceptors (Lipinski definition) is 3. The minimum atomic E-state index is -0.457. The fourth-order valence-corrected chi connectivity index (χ4v) is 3.23. The van der Waals surface area contributed by atoms with E-state index in [-0.39, 0.29) is 10.9 Å². The maximum Gasteiger partial charge on any atom is 0.144 e. The molecule has 0 N–H and O–H groups in total. The number of aryl methyl sites for hydroxylation is 1. The van der Waals surface area contributed by atoms with E-state index in [4.69, 9.17) is 23.2 Å². The molecule has 0 saturated heterocycles. The Morgan fingerprint density at radius 3 is 2.85 bits per heavy atom. The number of halogens is 3. The molecule has 3 rings (SSSR count). The number of fused-ring (bicyclic) bond motifs is 1. The zero-order valence-corrected chi connectivity index (χ0v) is 12.9. The quantitative estimate of drug-likeness (QED) is 0.667. The molecule has 0 aliphatic heterocycles. The predicted molar refractivity (Wildman–Crippen MR) is 80.2 cm³/mol. The van der Waals surface area contributed by atoms with Crippen molar-refractivity contribution in [2.45, 2.75) is 19.3 Å². The number of thiazole rings is 1. The highest BCUT2D eigenvalue weighted by molar-refractivity contribution is 7.11. The second-order valence-electron chi connectivity index (χ2n) is 4.35. The molecule has 0 aliphatic rings. The van der Waals surface area contributed by atoms with E-state index in [9.17, 15) is 4.39 Å². The Kier molecular flexibility index (Phi) is 3.67. The fourth-order valence-electron chi connectivity index (χ4n) is 2.08. The Labute approximate surface area is 129 Å². The van der Waals surface area contributed by atoms with E-state index >= 15 is 0 Å². The van der Waals surface area contributed by atoms with E-state index in [2.05, 4.69) is 9.97 Å². The summed E-state index contributed by atoms with van der Waals surface area (Å²) in [5.41, 5.74) is 1.34. The van der Waals surface area contributed by atoms with Crippen molar-refractivity contribution < 1.29 is 4.39 Å². The summed E-state index contributed by atoms with van der Waals surface area (Å²) in [5, 5.41) is 1.06. The molecular formula is C13H10Cl2FN3S. The van der Waals surface area contributed by atoms with Gasteiger partial charge in [-0.1, -0.05) is 11.6 Å². The molecular weight excluding hydrogens is 320 g/mol. The van der Waals surface area contributed by atoms with E-state index in [0.29, 0.717) is 23.4 Å². The van der Waals surface area contributed by atoms with Crippen molar-refractivity contribution >= 4 is 45.6 Å². The van der Waals surface area contributed by atoms with E-state index in [1.54, 1.807) is 11.3 Å². The van der Waals surface area contributed by atoms with E-state index in [1.165, 1.54) is 12.1 Å².